The van der Waals surface area contributed by atoms with Gasteiger partial charge in [0.2, 0.25) is 0 Å². The summed E-state index contributed by atoms with van der Waals surface area (Å²) in [6, 6.07) is 0. The third kappa shape index (κ3) is 2.84. The Morgan fingerprint density at radius 3 is 2.90 bits per heavy atom. The molecular formula is C6H10O2S2. The second-order valence-electron chi connectivity index (χ2n) is 1.98. The molecule has 1 saturated heterocycles. The molecule has 1 heterocycles. The Bertz CT molecular complexity index is 121. The van der Waals surface area contributed by atoms with E-state index in [9.17, 15) is 4.79 Å². The molecule has 10 heavy (non-hydrogen) atoms. The van der Waals surface area contributed by atoms with Crippen LogP contribution in [-0.2, 0) is 9.53 Å². The predicted molar refractivity (Wildman–Crippen MR) is 45.3 cm³/mol. The number of esters is 1. The van der Waals surface area contributed by atoms with E-state index in [1.54, 1.807) is 11.8 Å². The molecule has 0 radical (unpaired) electrons. The summed E-state index contributed by atoms with van der Waals surface area (Å²) in [5, 5.41) is 0. The van der Waals surface area contributed by atoms with Crippen molar-refractivity contribution in [3.05, 3.63) is 0 Å². The number of carbonyl (C=O) groups excluding carboxylic acids is 1. The average Bonchev–Trinajstić information content (AvgIpc) is 1.88. The number of rotatable bonds is 1. The maximum Gasteiger partial charge on any atom is 0.303 e. The summed E-state index contributed by atoms with van der Waals surface area (Å²) in [6.45, 7) is 1.46. The van der Waals surface area contributed by atoms with E-state index < -0.39 is 0 Å². The molecule has 1 rings (SSSR count). The summed E-state index contributed by atoms with van der Waals surface area (Å²) < 4.78 is 4.99. The Labute approximate surface area is 69.1 Å². The van der Waals surface area contributed by atoms with Gasteiger partial charge in [-0.3, -0.25) is 4.79 Å². The van der Waals surface area contributed by atoms with Gasteiger partial charge in [-0.1, -0.05) is 0 Å². The summed E-state index contributed by atoms with van der Waals surface area (Å²) in [4.78, 5) is 10.5. The van der Waals surface area contributed by atoms with Crippen molar-refractivity contribution in [3.63, 3.8) is 0 Å². The summed E-state index contributed by atoms with van der Waals surface area (Å²) in [5.41, 5.74) is 0.108. The minimum Gasteiger partial charge on any atom is -0.451 e. The van der Waals surface area contributed by atoms with Crippen LogP contribution in [0.15, 0.2) is 0 Å². The van der Waals surface area contributed by atoms with Crippen LogP contribution < -0.4 is 0 Å². The standard InChI is InChI=1S/C6H10O2S2/c1-5(7)8-6-4-9-2-3-10-6/h6H,2-4H2,1H3/t6-/m1/s1. The van der Waals surface area contributed by atoms with Crippen molar-refractivity contribution >= 4 is 29.5 Å². The molecule has 0 amide bonds. The zero-order valence-electron chi connectivity index (χ0n) is 5.83. The van der Waals surface area contributed by atoms with E-state index in [4.69, 9.17) is 4.74 Å². The summed E-state index contributed by atoms with van der Waals surface area (Å²) in [7, 11) is 0. The van der Waals surface area contributed by atoms with Gasteiger partial charge in [0.1, 0.15) is 0 Å². The molecule has 0 unspecified atom stereocenters. The molecule has 0 spiro atoms. The van der Waals surface area contributed by atoms with E-state index in [2.05, 4.69) is 0 Å². The van der Waals surface area contributed by atoms with Crippen LogP contribution in [0.3, 0.4) is 0 Å². The first-order chi connectivity index (χ1) is 4.79. The summed E-state index contributed by atoms with van der Waals surface area (Å²) in [6.07, 6.45) is 0. The van der Waals surface area contributed by atoms with Gasteiger partial charge in [0.15, 0.2) is 5.44 Å². The number of hydrogen-bond donors (Lipinski definition) is 0. The van der Waals surface area contributed by atoms with E-state index in [-0.39, 0.29) is 11.4 Å². The highest BCUT2D eigenvalue weighted by Gasteiger charge is 2.15. The first-order valence-corrected chi connectivity index (χ1v) is 5.36. The zero-order chi connectivity index (χ0) is 7.40. The summed E-state index contributed by atoms with van der Waals surface area (Å²) in [5.74, 6) is 3.06. The number of thioether (sulfide) groups is 2. The van der Waals surface area contributed by atoms with Gasteiger partial charge in [0.25, 0.3) is 0 Å². The molecule has 0 aromatic rings. The Morgan fingerprint density at radius 1 is 1.60 bits per heavy atom. The van der Waals surface area contributed by atoms with E-state index >= 15 is 0 Å². The van der Waals surface area contributed by atoms with Crippen LogP contribution >= 0.6 is 23.5 Å². The average molecular weight is 178 g/mol. The fourth-order valence-corrected chi connectivity index (χ4v) is 3.14. The molecule has 0 aromatic carbocycles. The quantitative estimate of drug-likeness (QED) is 0.566. The molecule has 1 aliphatic heterocycles. The van der Waals surface area contributed by atoms with E-state index in [1.807, 2.05) is 11.8 Å². The van der Waals surface area contributed by atoms with E-state index in [0.29, 0.717) is 0 Å². The molecule has 2 nitrogen and oxygen atoms in total. The lowest BCUT2D eigenvalue weighted by atomic mass is 10.7. The van der Waals surface area contributed by atoms with Crippen molar-refractivity contribution in [1.82, 2.24) is 0 Å². The van der Waals surface area contributed by atoms with Gasteiger partial charge in [0.05, 0.1) is 0 Å². The molecule has 4 heteroatoms. The van der Waals surface area contributed by atoms with Gasteiger partial charge in [-0.05, 0) is 0 Å². The van der Waals surface area contributed by atoms with Crippen LogP contribution in [0, 0.1) is 0 Å². The molecular weight excluding hydrogens is 168 g/mol. The largest absolute Gasteiger partial charge is 0.451 e. The van der Waals surface area contributed by atoms with Crippen LogP contribution in [0.1, 0.15) is 6.92 Å². The third-order valence-electron chi connectivity index (χ3n) is 1.08. The van der Waals surface area contributed by atoms with Crippen LogP contribution in [0.5, 0.6) is 0 Å². The Morgan fingerprint density at radius 2 is 2.40 bits per heavy atom. The SMILES string of the molecule is CC(=O)O[C@H]1CSCCS1. The zero-order valence-corrected chi connectivity index (χ0v) is 7.46. The van der Waals surface area contributed by atoms with Gasteiger partial charge < -0.3 is 4.74 Å². The Hall–Kier alpha value is 0.170. The number of carbonyl (C=O) groups is 1. The first-order valence-electron chi connectivity index (χ1n) is 3.15. The number of hydrogen-bond acceptors (Lipinski definition) is 4. The molecule has 0 bridgehead atoms. The van der Waals surface area contributed by atoms with Gasteiger partial charge in [-0.25, -0.2) is 0 Å². The normalized spacial score (nSPS) is 25.9. The molecule has 1 aliphatic rings. The van der Waals surface area contributed by atoms with Crippen molar-refractivity contribution in [3.8, 4) is 0 Å². The van der Waals surface area contributed by atoms with Crippen LogP contribution in [0.4, 0.5) is 0 Å². The van der Waals surface area contributed by atoms with E-state index in [0.717, 1.165) is 11.5 Å². The number of ether oxygens (including phenoxy) is 1. The lowest BCUT2D eigenvalue weighted by Gasteiger charge is -2.19. The minimum absolute atomic E-state index is 0.108. The molecule has 0 aliphatic carbocycles. The molecule has 1 fully saturated rings. The fourth-order valence-electron chi connectivity index (χ4n) is 0.719. The summed E-state index contributed by atoms with van der Waals surface area (Å²) >= 11 is 3.57. The lowest BCUT2D eigenvalue weighted by Crippen LogP contribution is -2.19. The van der Waals surface area contributed by atoms with Gasteiger partial charge in [-0.15, -0.1) is 11.8 Å². The van der Waals surface area contributed by atoms with Gasteiger partial charge >= 0.3 is 5.97 Å². The molecule has 0 aromatic heterocycles. The van der Waals surface area contributed by atoms with Crippen LogP contribution in [0.25, 0.3) is 0 Å². The molecule has 1 atom stereocenters. The van der Waals surface area contributed by atoms with Crippen molar-refractivity contribution in [2.45, 2.75) is 12.4 Å². The topological polar surface area (TPSA) is 26.3 Å². The Kier molecular flexibility index (Phi) is 3.42. The first kappa shape index (κ1) is 8.27. The predicted octanol–water partition coefficient (Wildman–Crippen LogP) is 1.36. The minimum atomic E-state index is -0.167. The third-order valence-corrected chi connectivity index (χ3v) is 3.66. The maximum absolute atomic E-state index is 10.5. The van der Waals surface area contributed by atoms with E-state index in [1.165, 1.54) is 12.7 Å². The van der Waals surface area contributed by atoms with Crippen LogP contribution in [-0.4, -0.2) is 28.7 Å². The van der Waals surface area contributed by atoms with Crippen molar-refractivity contribution in [2.75, 3.05) is 17.3 Å². The highest BCUT2D eigenvalue weighted by atomic mass is 32.2. The maximum atomic E-state index is 10.5. The second-order valence-corrected chi connectivity index (χ2v) is 4.40. The fraction of sp³-hybridized carbons (Fsp3) is 0.833. The molecule has 58 valence electrons. The molecule has 0 N–H and O–H groups in total. The second kappa shape index (κ2) is 4.13. The van der Waals surface area contributed by atoms with Crippen LogP contribution in [0.2, 0.25) is 0 Å². The van der Waals surface area contributed by atoms with Gasteiger partial charge in [0, 0.05) is 24.2 Å². The van der Waals surface area contributed by atoms with Crippen molar-refractivity contribution < 1.29 is 9.53 Å². The Balaban J connectivity index is 2.19. The molecule has 0 saturated carbocycles. The highest BCUT2D eigenvalue weighted by molar-refractivity contribution is 8.06. The highest BCUT2D eigenvalue weighted by Crippen LogP contribution is 2.24. The lowest BCUT2D eigenvalue weighted by molar-refractivity contribution is -0.141. The van der Waals surface area contributed by atoms with Gasteiger partial charge in [-0.2, -0.15) is 11.8 Å². The van der Waals surface area contributed by atoms with Crippen molar-refractivity contribution in [1.29, 1.82) is 0 Å². The smallest absolute Gasteiger partial charge is 0.303 e. The van der Waals surface area contributed by atoms with Crippen molar-refractivity contribution in [2.24, 2.45) is 0 Å². The monoisotopic (exact) mass is 178 g/mol.